The molecule has 3 aliphatic rings. The summed E-state index contributed by atoms with van der Waals surface area (Å²) in [6.45, 7) is 8.23. The lowest BCUT2D eigenvalue weighted by atomic mass is 10.0. The van der Waals surface area contributed by atoms with E-state index >= 15 is 0 Å². The van der Waals surface area contributed by atoms with Crippen LogP contribution in [0.4, 0.5) is 0 Å². The summed E-state index contributed by atoms with van der Waals surface area (Å²) in [6, 6.07) is 6.56. The van der Waals surface area contributed by atoms with Gasteiger partial charge in [0.2, 0.25) is 6.41 Å². The number of methoxy groups -OCH3 is 1. The summed E-state index contributed by atoms with van der Waals surface area (Å²) in [5.74, 6) is 0.854. The van der Waals surface area contributed by atoms with Crippen LogP contribution in [0.25, 0.3) is 0 Å². The number of amides is 1. The van der Waals surface area contributed by atoms with E-state index in [0.717, 1.165) is 37.9 Å². The number of morpholine rings is 1. The van der Waals surface area contributed by atoms with E-state index in [0.29, 0.717) is 32.9 Å². The maximum absolute atomic E-state index is 13.8. The number of aliphatic hydroxyl groups is 1. The van der Waals surface area contributed by atoms with Crippen LogP contribution in [-0.2, 0) is 25.4 Å². The number of ether oxygens (including phenoxy) is 4. The van der Waals surface area contributed by atoms with Crippen LogP contribution in [0.2, 0.25) is 0 Å². The van der Waals surface area contributed by atoms with Crippen LogP contribution in [0.1, 0.15) is 63.6 Å². The first-order valence-corrected chi connectivity index (χ1v) is 12.5. The Kier molecular flexibility index (Phi) is 8.15. The molecule has 1 aromatic rings. The predicted molar refractivity (Wildman–Crippen MR) is 128 cm³/mol. The first-order chi connectivity index (χ1) is 16.3. The Morgan fingerprint density at radius 2 is 2.06 bits per heavy atom. The van der Waals surface area contributed by atoms with Gasteiger partial charge in [-0.05, 0) is 69.7 Å². The molecule has 4 rings (SSSR count). The monoisotopic (exact) mass is 476 g/mol. The van der Waals surface area contributed by atoms with E-state index in [9.17, 15) is 9.90 Å². The smallest absolute Gasteiger partial charge is 0.253 e. The first-order valence-electron chi connectivity index (χ1n) is 12.5. The van der Waals surface area contributed by atoms with Gasteiger partial charge < -0.3 is 29.0 Å². The summed E-state index contributed by atoms with van der Waals surface area (Å²) in [5.41, 5.74) is 2.00. The van der Waals surface area contributed by atoms with Gasteiger partial charge in [0.15, 0.2) is 0 Å². The van der Waals surface area contributed by atoms with Crippen molar-refractivity contribution >= 4 is 5.91 Å². The van der Waals surface area contributed by atoms with Crippen molar-refractivity contribution in [3.05, 3.63) is 29.3 Å². The number of aliphatic hydroxyl groups excluding tert-OH is 1. The molecule has 3 atom stereocenters. The highest BCUT2D eigenvalue weighted by Crippen LogP contribution is 2.43. The Hall–Kier alpha value is -1.71. The molecule has 8 heteroatoms. The second-order valence-electron chi connectivity index (χ2n) is 10.5. The Bertz CT molecular complexity index is 837. The zero-order chi connectivity index (χ0) is 24.3. The van der Waals surface area contributed by atoms with Crippen molar-refractivity contribution in [1.29, 1.82) is 0 Å². The van der Waals surface area contributed by atoms with Crippen molar-refractivity contribution in [2.75, 3.05) is 40.0 Å². The van der Waals surface area contributed by atoms with E-state index in [2.05, 4.69) is 17.0 Å². The quantitative estimate of drug-likeness (QED) is 0.411. The summed E-state index contributed by atoms with van der Waals surface area (Å²) in [6.07, 6.45) is 3.09. The summed E-state index contributed by atoms with van der Waals surface area (Å²) in [7, 11) is 1.69. The van der Waals surface area contributed by atoms with Crippen molar-refractivity contribution in [3.63, 3.8) is 0 Å². The van der Waals surface area contributed by atoms with E-state index in [1.807, 2.05) is 26.8 Å². The molecule has 1 aromatic carbocycles. The van der Waals surface area contributed by atoms with Gasteiger partial charge in [0.05, 0.1) is 24.9 Å². The highest BCUT2D eigenvalue weighted by molar-refractivity contribution is 5.82. The molecule has 1 aliphatic heterocycles. The molecule has 8 nitrogen and oxygen atoms in total. The van der Waals surface area contributed by atoms with Crippen LogP contribution in [0.3, 0.4) is 0 Å². The summed E-state index contributed by atoms with van der Waals surface area (Å²) >= 11 is 0. The van der Waals surface area contributed by atoms with Crippen LogP contribution in [0.15, 0.2) is 18.2 Å². The lowest BCUT2D eigenvalue weighted by Gasteiger charge is -2.40. The maximum Gasteiger partial charge on any atom is 0.253 e. The van der Waals surface area contributed by atoms with Crippen molar-refractivity contribution in [3.8, 4) is 5.75 Å². The fourth-order valence-corrected chi connectivity index (χ4v) is 4.85. The third kappa shape index (κ3) is 6.29. The Labute approximate surface area is 203 Å². The standard InChI is InChI=1S/C26H40N2O6/c1-26(2,3)34-25(30)27-12-15-33-23(17-27)24(29)28(19-8-9-19)22-11-7-18-6-10-20(16-21(18)22)32-14-5-13-31-4/h6,10,16,19,22-23,25,30H,5,7-9,11-15,17H2,1-4H3/t22-,23-,25?/m1/s1. The maximum atomic E-state index is 13.8. The fourth-order valence-electron chi connectivity index (χ4n) is 4.85. The minimum absolute atomic E-state index is 0.0134. The third-order valence-corrected chi connectivity index (χ3v) is 6.60. The molecule has 1 saturated carbocycles. The summed E-state index contributed by atoms with van der Waals surface area (Å²) in [5, 5.41) is 10.5. The van der Waals surface area contributed by atoms with Gasteiger partial charge in [-0.25, -0.2) is 4.90 Å². The minimum Gasteiger partial charge on any atom is -0.493 e. The average molecular weight is 477 g/mol. The van der Waals surface area contributed by atoms with E-state index in [4.69, 9.17) is 18.9 Å². The number of benzene rings is 1. The number of aryl methyl sites for hydroxylation is 1. The minimum atomic E-state index is -1.06. The molecule has 190 valence electrons. The number of carbonyl (C=O) groups excluding carboxylic acids is 1. The largest absolute Gasteiger partial charge is 0.493 e. The predicted octanol–water partition coefficient (Wildman–Crippen LogP) is 2.87. The third-order valence-electron chi connectivity index (χ3n) is 6.60. The zero-order valence-electron chi connectivity index (χ0n) is 21.0. The molecular formula is C26H40N2O6. The second kappa shape index (κ2) is 10.9. The van der Waals surface area contributed by atoms with Gasteiger partial charge in [0, 0.05) is 39.3 Å². The van der Waals surface area contributed by atoms with Crippen LogP contribution in [0.5, 0.6) is 5.75 Å². The molecule has 0 bridgehead atoms. The Morgan fingerprint density at radius 1 is 1.26 bits per heavy atom. The van der Waals surface area contributed by atoms with Crippen LogP contribution < -0.4 is 4.74 Å². The number of hydrogen-bond acceptors (Lipinski definition) is 7. The van der Waals surface area contributed by atoms with E-state index in [1.165, 1.54) is 11.1 Å². The highest BCUT2D eigenvalue weighted by Gasteiger charge is 2.44. The fraction of sp³-hybridized carbons (Fsp3) is 0.731. The number of hydrogen-bond donors (Lipinski definition) is 1. The lowest BCUT2D eigenvalue weighted by molar-refractivity contribution is -0.255. The molecule has 0 radical (unpaired) electrons. The topological polar surface area (TPSA) is 80.7 Å². The van der Waals surface area contributed by atoms with Crippen molar-refractivity contribution in [2.45, 2.75) is 83.1 Å². The number of nitrogens with zero attached hydrogens (tertiary/aromatic N) is 2. The van der Waals surface area contributed by atoms with Gasteiger partial charge in [-0.1, -0.05) is 6.07 Å². The number of fused-ring (bicyclic) bond motifs is 1. The van der Waals surface area contributed by atoms with Crippen molar-refractivity contribution < 1.29 is 28.8 Å². The summed E-state index contributed by atoms with van der Waals surface area (Å²) < 4.78 is 22.7. The molecular weight excluding hydrogens is 436 g/mol. The van der Waals surface area contributed by atoms with Gasteiger partial charge in [0.25, 0.3) is 5.91 Å². The van der Waals surface area contributed by atoms with Crippen molar-refractivity contribution in [2.24, 2.45) is 0 Å². The molecule has 1 heterocycles. The van der Waals surface area contributed by atoms with Crippen LogP contribution in [-0.4, -0.2) is 85.0 Å². The molecule has 1 N–H and O–H groups in total. The van der Waals surface area contributed by atoms with Crippen LogP contribution in [0, 0.1) is 0 Å². The second-order valence-corrected chi connectivity index (χ2v) is 10.5. The zero-order valence-corrected chi connectivity index (χ0v) is 21.0. The van der Waals surface area contributed by atoms with Gasteiger partial charge in [-0.15, -0.1) is 0 Å². The van der Waals surface area contributed by atoms with E-state index < -0.39 is 18.1 Å². The molecule has 2 aliphatic carbocycles. The number of carbonyl (C=O) groups is 1. The van der Waals surface area contributed by atoms with E-state index in [1.54, 1.807) is 12.0 Å². The number of rotatable bonds is 10. The van der Waals surface area contributed by atoms with Crippen LogP contribution >= 0.6 is 0 Å². The SMILES string of the molecule is COCCCOc1ccc2c(c1)[C@H](N(C(=O)[C@H]1CN(C(O)OC(C)(C)C)CCO1)C1CC1)CC2. The van der Waals surface area contributed by atoms with E-state index in [-0.39, 0.29) is 18.0 Å². The Morgan fingerprint density at radius 3 is 2.76 bits per heavy atom. The molecule has 1 saturated heterocycles. The first kappa shape index (κ1) is 25.4. The van der Waals surface area contributed by atoms with Gasteiger partial charge in [0.1, 0.15) is 11.9 Å². The molecule has 34 heavy (non-hydrogen) atoms. The lowest BCUT2D eigenvalue weighted by Crippen LogP contribution is -2.55. The molecule has 0 spiro atoms. The summed E-state index contributed by atoms with van der Waals surface area (Å²) in [4.78, 5) is 17.6. The normalized spacial score (nSPS) is 24.0. The Balaban J connectivity index is 1.45. The molecule has 1 amide bonds. The average Bonchev–Trinajstić information content (AvgIpc) is 3.55. The molecule has 1 unspecified atom stereocenters. The van der Waals surface area contributed by atoms with Gasteiger partial charge in [-0.2, -0.15) is 0 Å². The van der Waals surface area contributed by atoms with Gasteiger partial charge in [-0.3, -0.25) is 4.79 Å². The highest BCUT2D eigenvalue weighted by atomic mass is 16.6. The molecule has 2 fully saturated rings. The molecule has 0 aromatic heterocycles. The van der Waals surface area contributed by atoms with Gasteiger partial charge >= 0.3 is 0 Å². The van der Waals surface area contributed by atoms with Crippen molar-refractivity contribution in [1.82, 2.24) is 9.80 Å².